The zero-order chi connectivity index (χ0) is 21.0. The van der Waals surface area contributed by atoms with Gasteiger partial charge in [0.2, 0.25) is 0 Å². The maximum Gasteiger partial charge on any atom is 0.305 e. The van der Waals surface area contributed by atoms with E-state index in [2.05, 4.69) is 19.1 Å². The molecule has 160 valence electrons. The van der Waals surface area contributed by atoms with Crippen molar-refractivity contribution < 1.29 is 24.5 Å². The fourth-order valence-corrected chi connectivity index (χ4v) is 4.64. The van der Waals surface area contributed by atoms with Gasteiger partial charge >= 0.3 is 5.97 Å². The minimum atomic E-state index is -0.708. The van der Waals surface area contributed by atoms with Crippen LogP contribution in [0, 0.1) is 5.92 Å². The Bertz CT molecular complexity index is 739. The molecule has 1 aliphatic carbocycles. The van der Waals surface area contributed by atoms with E-state index in [1.807, 2.05) is 25.1 Å². The van der Waals surface area contributed by atoms with Crippen LogP contribution >= 0.6 is 0 Å². The molecule has 2 aliphatic rings. The molecule has 5 nitrogen and oxygen atoms in total. The van der Waals surface area contributed by atoms with E-state index in [1.54, 1.807) is 0 Å². The molecule has 0 amide bonds. The quantitative estimate of drug-likeness (QED) is 0.484. The van der Waals surface area contributed by atoms with E-state index in [-0.39, 0.29) is 23.9 Å². The summed E-state index contributed by atoms with van der Waals surface area (Å²) in [6.07, 6.45) is 8.52. The Hall–Kier alpha value is -1.85. The van der Waals surface area contributed by atoms with Crippen LogP contribution < -0.4 is 4.74 Å². The van der Waals surface area contributed by atoms with Gasteiger partial charge in [-0.25, -0.2) is 0 Å². The average molecular weight is 403 g/mol. The maximum atomic E-state index is 11.5. The predicted octanol–water partition coefficient (Wildman–Crippen LogP) is 3.91. The van der Waals surface area contributed by atoms with Crippen molar-refractivity contribution in [2.24, 2.45) is 5.92 Å². The summed E-state index contributed by atoms with van der Waals surface area (Å²) in [6, 6.07) is 6.06. The fraction of sp³-hybridized carbons (Fsp3) is 0.625. The van der Waals surface area contributed by atoms with E-state index in [1.165, 1.54) is 7.11 Å². The Morgan fingerprint density at radius 1 is 1.41 bits per heavy atom. The number of methoxy groups -OCH3 is 1. The largest absolute Gasteiger partial charge is 0.489 e. The number of hydrogen-bond donors (Lipinski definition) is 2. The zero-order valence-corrected chi connectivity index (χ0v) is 17.8. The lowest BCUT2D eigenvalue weighted by Gasteiger charge is -2.22. The molecule has 0 aromatic heterocycles. The number of hydrogen-bond acceptors (Lipinski definition) is 5. The summed E-state index contributed by atoms with van der Waals surface area (Å²) in [5.41, 5.74) is 1.42. The molecule has 0 radical (unpaired) electrons. The van der Waals surface area contributed by atoms with Gasteiger partial charge < -0.3 is 19.7 Å². The van der Waals surface area contributed by atoms with Crippen molar-refractivity contribution in [3.63, 3.8) is 0 Å². The van der Waals surface area contributed by atoms with Crippen LogP contribution in [-0.2, 0) is 16.0 Å². The third-order valence-corrected chi connectivity index (χ3v) is 6.30. The summed E-state index contributed by atoms with van der Waals surface area (Å²) in [5.74, 6) is 0.716. The summed E-state index contributed by atoms with van der Waals surface area (Å²) < 4.78 is 11.0. The van der Waals surface area contributed by atoms with E-state index in [0.717, 1.165) is 36.1 Å². The molecule has 29 heavy (non-hydrogen) atoms. The minimum absolute atomic E-state index is 0.0286. The molecular formula is C24H34O5. The van der Waals surface area contributed by atoms with Gasteiger partial charge in [0.15, 0.2) is 0 Å². The standard InChI is InChI=1S/C24H34O5/c1-4-5-13-24(2,27)14-7-10-17-19(25)15-20-22(17)18-9-6-8-16(23(18)29-20)11-12-21(26)28-3/h6-10,17,19-20,22,25,27H,4-5,11-15H2,1-3H3/b10-7+/t17-,19+,20-,22-,24?/m0/s1. The van der Waals surface area contributed by atoms with Gasteiger partial charge in [-0.3, -0.25) is 4.79 Å². The third kappa shape index (κ3) is 5.01. The van der Waals surface area contributed by atoms with Crippen molar-refractivity contribution in [1.82, 2.24) is 0 Å². The minimum Gasteiger partial charge on any atom is -0.489 e. The van der Waals surface area contributed by atoms with E-state index in [0.29, 0.717) is 25.7 Å². The lowest BCUT2D eigenvalue weighted by Crippen LogP contribution is -2.23. The molecular weight excluding hydrogens is 368 g/mol. The fourth-order valence-electron chi connectivity index (χ4n) is 4.64. The van der Waals surface area contributed by atoms with Gasteiger partial charge in [-0.05, 0) is 31.7 Å². The summed E-state index contributed by atoms with van der Waals surface area (Å²) in [5, 5.41) is 21.1. The van der Waals surface area contributed by atoms with Crippen LogP contribution in [0.3, 0.4) is 0 Å². The first-order chi connectivity index (χ1) is 13.9. The van der Waals surface area contributed by atoms with Crippen LogP contribution in [0.5, 0.6) is 5.75 Å². The van der Waals surface area contributed by atoms with Crippen LogP contribution in [0.1, 0.15) is 69.4 Å². The van der Waals surface area contributed by atoms with E-state index < -0.39 is 11.7 Å². The van der Waals surface area contributed by atoms with Gasteiger partial charge in [-0.15, -0.1) is 0 Å². The highest BCUT2D eigenvalue weighted by Crippen LogP contribution is 2.52. The molecule has 0 saturated heterocycles. The number of carbonyl (C=O) groups is 1. The Kier molecular flexibility index (Phi) is 7.01. The summed E-state index contributed by atoms with van der Waals surface area (Å²) in [7, 11) is 1.40. The van der Waals surface area contributed by atoms with Gasteiger partial charge in [0.1, 0.15) is 11.9 Å². The van der Waals surface area contributed by atoms with Gasteiger partial charge in [-0.2, -0.15) is 0 Å². The second kappa shape index (κ2) is 9.31. The van der Waals surface area contributed by atoms with Crippen molar-refractivity contribution in [3.8, 4) is 5.75 Å². The van der Waals surface area contributed by atoms with Gasteiger partial charge in [-0.1, -0.05) is 50.1 Å². The zero-order valence-electron chi connectivity index (χ0n) is 17.8. The smallest absolute Gasteiger partial charge is 0.305 e. The highest BCUT2D eigenvalue weighted by atomic mass is 16.5. The van der Waals surface area contributed by atoms with Gasteiger partial charge in [0, 0.05) is 30.2 Å². The topological polar surface area (TPSA) is 76.0 Å². The van der Waals surface area contributed by atoms with E-state index >= 15 is 0 Å². The molecule has 0 spiro atoms. The number of ether oxygens (including phenoxy) is 2. The summed E-state index contributed by atoms with van der Waals surface area (Å²) >= 11 is 0. The second-order valence-corrected chi connectivity index (χ2v) is 8.71. The molecule has 1 fully saturated rings. The highest BCUT2D eigenvalue weighted by molar-refractivity contribution is 5.69. The van der Waals surface area contributed by atoms with E-state index in [9.17, 15) is 15.0 Å². The SMILES string of the molecule is CCCCC(C)(O)C/C=C/[C@@H]1[C@H]2c3cccc(CCC(=O)OC)c3O[C@H]2C[C@H]1O. The number of aryl methyl sites for hydroxylation is 1. The highest BCUT2D eigenvalue weighted by Gasteiger charge is 2.48. The molecule has 1 saturated carbocycles. The summed E-state index contributed by atoms with van der Waals surface area (Å²) in [4.78, 5) is 11.5. The van der Waals surface area contributed by atoms with Crippen molar-refractivity contribution in [3.05, 3.63) is 41.5 Å². The number of benzene rings is 1. The number of carbonyl (C=O) groups excluding carboxylic acids is 1. The number of unbranched alkanes of at least 4 members (excludes halogenated alkanes) is 1. The molecule has 5 atom stereocenters. The van der Waals surface area contributed by atoms with Gasteiger partial charge in [0.05, 0.1) is 18.8 Å². The molecule has 0 bridgehead atoms. The molecule has 5 heteroatoms. The van der Waals surface area contributed by atoms with Crippen molar-refractivity contribution in [2.45, 2.75) is 82.5 Å². The van der Waals surface area contributed by atoms with Crippen LogP contribution in [0.15, 0.2) is 30.4 Å². The molecule has 1 heterocycles. The molecule has 2 N–H and O–H groups in total. The molecule has 1 aromatic rings. The first-order valence-electron chi connectivity index (χ1n) is 10.8. The molecule has 1 aliphatic heterocycles. The Morgan fingerprint density at radius 3 is 2.93 bits per heavy atom. The molecule has 3 rings (SSSR count). The van der Waals surface area contributed by atoms with Crippen LogP contribution in [0.2, 0.25) is 0 Å². The lowest BCUT2D eigenvalue weighted by molar-refractivity contribution is -0.140. The molecule has 1 unspecified atom stereocenters. The number of rotatable bonds is 9. The van der Waals surface area contributed by atoms with Crippen LogP contribution in [0.25, 0.3) is 0 Å². The van der Waals surface area contributed by atoms with Crippen molar-refractivity contribution in [2.75, 3.05) is 7.11 Å². The second-order valence-electron chi connectivity index (χ2n) is 8.71. The predicted molar refractivity (Wildman–Crippen MR) is 112 cm³/mol. The van der Waals surface area contributed by atoms with Crippen molar-refractivity contribution >= 4 is 5.97 Å². The number of aliphatic hydroxyl groups is 2. The van der Waals surface area contributed by atoms with Crippen LogP contribution in [0.4, 0.5) is 0 Å². The number of fused-ring (bicyclic) bond motifs is 3. The Morgan fingerprint density at radius 2 is 2.21 bits per heavy atom. The molecule has 1 aromatic carbocycles. The average Bonchev–Trinajstić information content (AvgIpc) is 3.20. The van der Waals surface area contributed by atoms with E-state index in [4.69, 9.17) is 9.47 Å². The Labute approximate surface area is 173 Å². The number of esters is 1. The monoisotopic (exact) mass is 402 g/mol. The Balaban J connectivity index is 1.73. The normalized spacial score (nSPS) is 27.3. The summed E-state index contributed by atoms with van der Waals surface area (Å²) in [6.45, 7) is 4.00. The first kappa shape index (κ1) is 21.8. The number of aliphatic hydroxyl groups excluding tert-OH is 1. The van der Waals surface area contributed by atoms with Crippen molar-refractivity contribution in [1.29, 1.82) is 0 Å². The third-order valence-electron chi connectivity index (χ3n) is 6.30. The lowest BCUT2D eigenvalue weighted by atomic mass is 9.86. The van der Waals surface area contributed by atoms with Gasteiger partial charge in [0.25, 0.3) is 0 Å². The maximum absolute atomic E-state index is 11.5. The van der Waals surface area contributed by atoms with Crippen LogP contribution in [-0.4, -0.2) is 41.1 Å². The first-order valence-corrected chi connectivity index (χ1v) is 10.8. The number of para-hydroxylation sites is 1.